The summed E-state index contributed by atoms with van der Waals surface area (Å²) >= 11 is 0. The Morgan fingerprint density at radius 1 is 1.00 bits per heavy atom. The van der Waals surface area contributed by atoms with E-state index in [4.69, 9.17) is 0 Å². The Balaban J connectivity index is 1.57. The zero-order valence-electron chi connectivity index (χ0n) is 14.4. The van der Waals surface area contributed by atoms with Crippen LogP contribution >= 0.6 is 0 Å². The van der Waals surface area contributed by atoms with Crippen LogP contribution in [0.4, 0.5) is 0 Å². The largest absolute Gasteiger partial charge is 0.306 e. The molecule has 122 valence electrons. The normalized spacial score (nSPS) is 16.6. The van der Waals surface area contributed by atoms with Crippen LogP contribution in [0.1, 0.15) is 48.1 Å². The highest BCUT2D eigenvalue weighted by molar-refractivity contribution is 5.26. The van der Waals surface area contributed by atoms with E-state index in [1.54, 1.807) is 0 Å². The molecule has 0 aromatic heterocycles. The topological polar surface area (TPSA) is 15.3 Å². The summed E-state index contributed by atoms with van der Waals surface area (Å²) < 4.78 is 0. The van der Waals surface area contributed by atoms with Gasteiger partial charge in [0.05, 0.1) is 0 Å². The van der Waals surface area contributed by atoms with Crippen molar-refractivity contribution in [2.24, 2.45) is 0 Å². The summed E-state index contributed by atoms with van der Waals surface area (Å²) in [6.45, 7) is 8.90. The van der Waals surface area contributed by atoms with E-state index in [2.05, 4.69) is 72.6 Å². The van der Waals surface area contributed by atoms with Gasteiger partial charge < -0.3 is 5.32 Å². The van der Waals surface area contributed by atoms with Crippen molar-refractivity contribution >= 4 is 0 Å². The van der Waals surface area contributed by atoms with Gasteiger partial charge in [-0.25, -0.2) is 0 Å². The van der Waals surface area contributed by atoms with Gasteiger partial charge in [0.1, 0.15) is 0 Å². The van der Waals surface area contributed by atoms with Crippen molar-refractivity contribution in [2.45, 2.75) is 45.8 Å². The Morgan fingerprint density at radius 3 is 2.48 bits per heavy atom. The zero-order valence-corrected chi connectivity index (χ0v) is 14.4. The summed E-state index contributed by atoms with van der Waals surface area (Å²) in [4.78, 5) is 2.56. The summed E-state index contributed by atoms with van der Waals surface area (Å²) in [6, 6.07) is 18.2. The van der Waals surface area contributed by atoms with Gasteiger partial charge in [0.15, 0.2) is 0 Å². The van der Waals surface area contributed by atoms with Crippen LogP contribution in [0.15, 0.2) is 48.5 Å². The Hall–Kier alpha value is -1.64. The number of likely N-dealkylation sites (tertiary alicyclic amines) is 1. The van der Waals surface area contributed by atoms with Crippen LogP contribution in [-0.2, 0) is 13.1 Å². The molecule has 2 aromatic rings. The number of hydrogen-bond acceptors (Lipinski definition) is 2. The van der Waals surface area contributed by atoms with Crippen molar-refractivity contribution in [3.8, 4) is 0 Å². The predicted octanol–water partition coefficient (Wildman–Crippen LogP) is 4.44. The van der Waals surface area contributed by atoms with E-state index in [0.29, 0.717) is 6.04 Å². The van der Waals surface area contributed by atoms with E-state index in [-0.39, 0.29) is 0 Å². The summed E-state index contributed by atoms with van der Waals surface area (Å²) in [6.07, 6.45) is 2.71. The molecular weight excluding hydrogens is 280 g/mol. The van der Waals surface area contributed by atoms with Crippen molar-refractivity contribution in [1.29, 1.82) is 0 Å². The average molecular weight is 308 g/mol. The molecule has 0 amide bonds. The van der Waals surface area contributed by atoms with Gasteiger partial charge in [-0.1, -0.05) is 54.1 Å². The molecular formula is C21H28N2. The first-order valence-corrected chi connectivity index (χ1v) is 8.81. The van der Waals surface area contributed by atoms with Crippen molar-refractivity contribution in [1.82, 2.24) is 10.2 Å². The number of nitrogens with one attached hydrogen (secondary N) is 1. The second kappa shape index (κ2) is 7.76. The molecule has 0 radical (unpaired) electrons. The first-order chi connectivity index (χ1) is 11.2. The Kier molecular flexibility index (Phi) is 5.47. The predicted molar refractivity (Wildman–Crippen MR) is 97.4 cm³/mol. The van der Waals surface area contributed by atoms with Gasteiger partial charge in [0.25, 0.3) is 0 Å². The van der Waals surface area contributed by atoms with Crippen LogP contribution in [0.5, 0.6) is 0 Å². The van der Waals surface area contributed by atoms with Crippen LogP contribution < -0.4 is 5.32 Å². The van der Waals surface area contributed by atoms with Gasteiger partial charge in [-0.2, -0.15) is 0 Å². The third-order valence-electron chi connectivity index (χ3n) is 4.79. The first kappa shape index (κ1) is 16.2. The highest BCUT2D eigenvalue weighted by Crippen LogP contribution is 2.18. The number of rotatable bonds is 6. The highest BCUT2D eigenvalue weighted by atomic mass is 15.1. The molecule has 23 heavy (non-hydrogen) atoms. The summed E-state index contributed by atoms with van der Waals surface area (Å²) in [7, 11) is 0. The van der Waals surface area contributed by atoms with Crippen LogP contribution in [0.25, 0.3) is 0 Å². The Morgan fingerprint density at radius 2 is 1.74 bits per heavy atom. The summed E-state index contributed by atoms with van der Waals surface area (Å²) in [5.74, 6) is 0. The lowest BCUT2D eigenvalue weighted by atomic mass is 10.0. The average Bonchev–Trinajstić information content (AvgIpc) is 3.07. The standard InChI is InChI=1S/C21H28N2/c1-17-8-10-19(11-9-17)15-22-18(2)21-7-5-6-20(14-21)16-23-12-3-4-13-23/h5-11,14,18,22H,3-4,12-13,15-16H2,1-2H3. The molecule has 1 unspecified atom stereocenters. The molecule has 1 fully saturated rings. The van der Waals surface area contributed by atoms with E-state index in [1.807, 2.05) is 0 Å². The van der Waals surface area contributed by atoms with Crippen LogP contribution in [0, 0.1) is 6.92 Å². The third-order valence-corrected chi connectivity index (χ3v) is 4.79. The third kappa shape index (κ3) is 4.66. The minimum absolute atomic E-state index is 0.370. The minimum atomic E-state index is 0.370. The molecule has 1 atom stereocenters. The van der Waals surface area contributed by atoms with E-state index < -0.39 is 0 Å². The number of hydrogen-bond donors (Lipinski definition) is 1. The van der Waals surface area contributed by atoms with Crippen LogP contribution in [0.2, 0.25) is 0 Å². The lowest BCUT2D eigenvalue weighted by Crippen LogP contribution is -2.20. The smallest absolute Gasteiger partial charge is 0.0295 e. The van der Waals surface area contributed by atoms with Gasteiger partial charge in [-0.3, -0.25) is 4.90 Å². The maximum Gasteiger partial charge on any atom is 0.0295 e. The van der Waals surface area contributed by atoms with Crippen molar-refractivity contribution in [3.05, 3.63) is 70.8 Å². The number of benzene rings is 2. The first-order valence-electron chi connectivity index (χ1n) is 8.81. The minimum Gasteiger partial charge on any atom is -0.306 e. The van der Waals surface area contributed by atoms with Crippen molar-refractivity contribution in [2.75, 3.05) is 13.1 Å². The van der Waals surface area contributed by atoms with Gasteiger partial charge >= 0.3 is 0 Å². The zero-order chi connectivity index (χ0) is 16.1. The number of nitrogens with zero attached hydrogens (tertiary/aromatic N) is 1. The molecule has 0 spiro atoms. The molecule has 1 N–H and O–H groups in total. The SMILES string of the molecule is Cc1ccc(CNC(C)c2cccc(CN3CCCC3)c2)cc1. The summed E-state index contributed by atoms with van der Waals surface area (Å²) in [5.41, 5.74) is 5.48. The molecule has 1 saturated heterocycles. The van der Waals surface area contributed by atoms with Crippen molar-refractivity contribution in [3.63, 3.8) is 0 Å². The second-order valence-corrected chi connectivity index (χ2v) is 6.82. The molecule has 2 heteroatoms. The molecule has 3 rings (SSSR count). The van der Waals surface area contributed by atoms with E-state index in [9.17, 15) is 0 Å². The van der Waals surface area contributed by atoms with E-state index in [1.165, 1.54) is 48.2 Å². The molecule has 2 nitrogen and oxygen atoms in total. The van der Waals surface area contributed by atoms with Gasteiger partial charge in [0, 0.05) is 19.1 Å². The number of aryl methyl sites for hydroxylation is 1. The maximum atomic E-state index is 3.64. The molecule has 1 aliphatic heterocycles. The molecule has 2 aromatic carbocycles. The molecule has 1 aliphatic rings. The van der Waals surface area contributed by atoms with E-state index in [0.717, 1.165) is 13.1 Å². The van der Waals surface area contributed by atoms with Crippen LogP contribution in [-0.4, -0.2) is 18.0 Å². The lowest BCUT2D eigenvalue weighted by molar-refractivity contribution is 0.331. The van der Waals surface area contributed by atoms with Gasteiger partial charge in [-0.05, 0) is 56.5 Å². The second-order valence-electron chi connectivity index (χ2n) is 6.82. The van der Waals surface area contributed by atoms with Gasteiger partial charge in [-0.15, -0.1) is 0 Å². The quantitative estimate of drug-likeness (QED) is 0.848. The molecule has 0 bridgehead atoms. The highest BCUT2D eigenvalue weighted by Gasteiger charge is 2.12. The van der Waals surface area contributed by atoms with Crippen LogP contribution in [0.3, 0.4) is 0 Å². The van der Waals surface area contributed by atoms with Crippen molar-refractivity contribution < 1.29 is 0 Å². The fourth-order valence-corrected chi connectivity index (χ4v) is 3.25. The van der Waals surface area contributed by atoms with E-state index >= 15 is 0 Å². The lowest BCUT2D eigenvalue weighted by Gasteiger charge is -2.18. The van der Waals surface area contributed by atoms with Gasteiger partial charge in [0.2, 0.25) is 0 Å². The molecule has 0 aliphatic carbocycles. The molecule has 0 saturated carbocycles. The Bertz CT molecular complexity index is 612. The monoisotopic (exact) mass is 308 g/mol. The fraction of sp³-hybridized carbons (Fsp3) is 0.429. The maximum absolute atomic E-state index is 3.64. The summed E-state index contributed by atoms with van der Waals surface area (Å²) in [5, 5.41) is 3.64. The molecule has 1 heterocycles. The Labute approximate surface area is 140 Å². The fourth-order valence-electron chi connectivity index (χ4n) is 3.25.